The highest BCUT2D eigenvalue weighted by Crippen LogP contribution is 2.38. The van der Waals surface area contributed by atoms with Crippen LogP contribution in [0.2, 0.25) is 0 Å². The second kappa shape index (κ2) is 67.0. The molecule has 0 aromatic heterocycles. The third kappa shape index (κ3) is 39.7. The molecule has 0 aliphatic carbocycles. The molecule has 0 spiro atoms. The predicted molar refractivity (Wildman–Crippen MR) is 656 cm³/mol. The second-order valence-corrected chi connectivity index (χ2v) is 44.2. The molecular weight excluding hydrogens is 1750 g/mol. The first-order valence-corrected chi connectivity index (χ1v) is 59.9. The first-order valence-electron chi connectivity index (χ1n) is 59.9. The van der Waals surface area contributed by atoms with Crippen LogP contribution in [0.1, 0.15) is 494 Å². The van der Waals surface area contributed by atoms with Crippen LogP contribution in [0.4, 0.5) is 0 Å². The molecule has 0 unspecified atom stereocenters. The van der Waals surface area contributed by atoms with Crippen molar-refractivity contribution in [1.29, 1.82) is 0 Å². The molecule has 0 aliphatic rings. The van der Waals surface area contributed by atoms with Crippen molar-refractivity contribution in [2.75, 3.05) is 0 Å². The zero-order chi connectivity index (χ0) is 103. The van der Waals surface area contributed by atoms with E-state index in [0.717, 1.165) is 38.5 Å². The Balaban J connectivity index is 0.844. The molecule has 0 amide bonds. The molecule has 0 heteroatoms. The number of unbranched alkanes of at least 4 members (excludes halogenated alkanes) is 42. The summed E-state index contributed by atoms with van der Waals surface area (Å²) in [5.41, 5.74) is 45.9. The maximum atomic E-state index is 2.61. The Kier molecular flexibility index (Phi) is 53.3. The Morgan fingerprint density at radius 1 is 0.130 bits per heavy atom. The van der Waals surface area contributed by atoms with Crippen LogP contribution in [-0.4, -0.2) is 0 Å². The van der Waals surface area contributed by atoms with Crippen molar-refractivity contribution in [1.82, 2.24) is 0 Å². The van der Waals surface area contributed by atoms with Gasteiger partial charge in [0.05, 0.1) is 0 Å². The van der Waals surface area contributed by atoms with Crippen molar-refractivity contribution in [3.8, 4) is 44.5 Å². The predicted octanol–water partition coefficient (Wildman–Crippen LogP) is 45.9. The lowest BCUT2D eigenvalue weighted by molar-refractivity contribution is 0.574. The lowest BCUT2D eigenvalue weighted by Crippen LogP contribution is -1.98. The van der Waals surface area contributed by atoms with Gasteiger partial charge in [-0.2, -0.15) is 0 Å². The minimum atomic E-state index is 1.09. The van der Waals surface area contributed by atoms with Gasteiger partial charge in [-0.15, -0.1) is 0 Å². The van der Waals surface area contributed by atoms with Gasteiger partial charge < -0.3 is 0 Å². The van der Waals surface area contributed by atoms with Gasteiger partial charge in [-0.25, -0.2) is 0 Å². The highest BCUT2D eigenvalue weighted by Gasteiger charge is 2.18. The third-order valence-electron chi connectivity index (χ3n) is 31.7. The van der Waals surface area contributed by atoms with Gasteiger partial charge in [0.1, 0.15) is 0 Å². The lowest BCUT2D eigenvalue weighted by atomic mass is 9.90. The summed E-state index contributed by atoms with van der Waals surface area (Å²) in [5, 5.41) is 0. The van der Waals surface area contributed by atoms with Gasteiger partial charge in [0.15, 0.2) is 0 Å². The maximum absolute atomic E-state index is 2.61. The summed E-state index contributed by atoms with van der Waals surface area (Å²) in [5.74, 6) is 0. The summed E-state index contributed by atoms with van der Waals surface area (Å²) < 4.78 is 0. The van der Waals surface area contributed by atoms with E-state index in [9.17, 15) is 0 Å². The van der Waals surface area contributed by atoms with E-state index in [4.69, 9.17) is 0 Å². The average molecular weight is 1950 g/mol. The van der Waals surface area contributed by atoms with E-state index in [0.29, 0.717) is 0 Å². The van der Waals surface area contributed by atoms with Crippen LogP contribution < -0.4 is 0 Å². The molecule has 0 fully saturated rings. The molecule has 0 saturated heterocycles. The highest BCUT2D eigenvalue weighted by molar-refractivity contribution is 5.85. The summed E-state index contributed by atoms with van der Waals surface area (Å²) in [6.07, 6.45) is 99.3. The van der Waals surface area contributed by atoms with Crippen LogP contribution >= 0.6 is 0 Å². The normalized spacial score (nSPS) is 12.0. The zero-order valence-corrected chi connectivity index (χ0v) is 94.6. The SMILES string of the molecule is CCCCCCCCCCc1cc(/C=C/c2ccc(-c3ccc(/C=C/c4cc(CCCCCCCCCC)c(/C=C/c5ccc(-c6ccc(/C=C/c7cc(CCCCCCCCCC)c(/C=C/c8ccc(-c9ccccc9C)c(C)c8)cc7CCCCCCCCCC)cc6C)c(C)c5)cc4CCCCCCCCCC)cc3C)c(C)c2)c(CCCCCCCCCC)cc1/C=C/c1ccc(-c2ccccc2C)c(C)c1. The summed E-state index contributed by atoms with van der Waals surface area (Å²) in [4.78, 5) is 0. The van der Waals surface area contributed by atoms with E-state index in [1.807, 2.05) is 0 Å². The van der Waals surface area contributed by atoms with Crippen LogP contribution in [-0.2, 0) is 38.5 Å². The molecular formula is C146H194. The van der Waals surface area contributed by atoms with Gasteiger partial charge in [0.25, 0.3) is 0 Å². The summed E-state index contributed by atoms with van der Waals surface area (Å²) >= 11 is 0. The van der Waals surface area contributed by atoms with E-state index >= 15 is 0 Å². The number of aryl methyl sites for hydroxylation is 14. The minimum absolute atomic E-state index is 1.09. The molecule has 778 valence electrons. The van der Waals surface area contributed by atoms with Gasteiger partial charge in [-0.3, -0.25) is 0 Å². The lowest BCUT2D eigenvalue weighted by Gasteiger charge is -2.15. The zero-order valence-electron chi connectivity index (χ0n) is 94.6. The van der Waals surface area contributed by atoms with Crippen LogP contribution in [0.5, 0.6) is 0 Å². The van der Waals surface area contributed by atoms with E-state index in [-0.39, 0.29) is 0 Å². The van der Waals surface area contributed by atoms with Gasteiger partial charge >= 0.3 is 0 Å². The molecule has 11 aromatic carbocycles. The molecule has 0 saturated carbocycles. The Labute approximate surface area is 893 Å². The maximum Gasteiger partial charge on any atom is -0.0152 e. The third-order valence-corrected chi connectivity index (χ3v) is 31.7. The van der Waals surface area contributed by atoms with Crippen molar-refractivity contribution < 1.29 is 0 Å². The Morgan fingerprint density at radius 2 is 0.267 bits per heavy atom. The minimum Gasteiger partial charge on any atom is -0.0654 e. The summed E-state index contributed by atoms with van der Waals surface area (Å²) in [7, 11) is 0. The Hall–Kier alpha value is -10.1. The van der Waals surface area contributed by atoms with Crippen molar-refractivity contribution in [2.45, 2.75) is 444 Å². The van der Waals surface area contributed by atoms with E-state index < -0.39 is 0 Å². The van der Waals surface area contributed by atoms with E-state index in [1.54, 1.807) is 0 Å². The number of hydrogen-bond acceptors (Lipinski definition) is 0. The molecule has 0 aliphatic heterocycles. The van der Waals surface area contributed by atoms with E-state index in [2.05, 4.69) is 364 Å². The fourth-order valence-corrected chi connectivity index (χ4v) is 22.5. The number of hydrogen-bond donors (Lipinski definition) is 0. The standard InChI is InChI=1S/C146H194/c1-15-21-27-33-39-45-51-57-69-127-109-135(129(71-59-53-47-41-35-29-23-17-3)107-133(127)89-77-121-83-95-141(115(9)101-121)139-75-65-63-67-113(139)7)91-79-123-85-97-143(117(11)103-123)145-99-87-125(105-119(145)13)81-93-137-111-132(74-62-56-50-44-38-32-26-20-6)138(112-131(137)73-61-55-49-43-37-31-25-19-5)94-82-126-88-100-146(120(14)106-126)144-98-86-124(104-118(144)12)80-92-136-110-128(70-58-52-46-40-34-28-22-16-2)134(108-130(136)72-60-54-48-42-36-30-24-18-4)90-78-122-84-96-142(116(10)102-122)140-76-66-64-68-114(140)8/h63-68,75-112H,15-62,69-74H2,1-14H3/b89-77+,90-78+,91-79+,92-80+,93-81+,94-82+. The topological polar surface area (TPSA) is 0 Å². The van der Waals surface area contributed by atoms with Crippen molar-refractivity contribution >= 4 is 72.9 Å². The van der Waals surface area contributed by atoms with Gasteiger partial charge in [0, 0.05) is 0 Å². The summed E-state index contributed by atoms with van der Waals surface area (Å²) in [6.45, 7) is 32.3. The molecule has 11 aromatic rings. The summed E-state index contributed by atoms with van der Waals surface area (Å²) in [6, 6.07) is 76.1. The van der Waals surface area contributed by atoms with Crippen LogP contribution in [0.15, 0.2) is 194 Å². The molecule has 146 heavy (non-hydrogen) atoms. The fourth-order valence-electron chi connectivity index (χ4n) is 22.5. The van der Waals surface area contributed by atoms with Crippen LogP contribution in [0, 0.1) is 55.4 Å². The van der Waals surface area contributed by atoms with Crippen LogP contribution in [0.25, 0.3) is 117 Å². The fraction of sp³-hybridized carbons (Fsp3) is 0.466. The first kappa shape index (κ1) is 116. The van der Waals surface area contributed by atoms with E-state index in [1.165, 1.54) is 497 Å². The number of rotatable bonds is 70. The van der Waals surface area contributed by atoms with Crippen molar-refractivity contribution in [2.24, 2.45) is 0 Å². The molecule has 0 radical (unpaired) electrons. The molecule has 0 nitrogen and oxygen atoms in total. The molecule has 0 bridgehead atoms. The molecule has 11 rings (SSSR count). The largest absolute Gasteiger partial charge is 0.0654 e. The first-order chi connectivity index (χ1) is 71.5. The monoisotopic (exact) mass is 1950 g/mol. The molecule has 0 N–H and O–H groups in total. The quantitative estimate of drug-likeness (QED) is 0.0263. The van der Waals surface area contributed by atoms with Gasteiger partial charge in [-0.1, -0.05) is 578 Å². The number of benzene rings is 11. The van der Waals surface area contributed by atoms with Gasteiger partial charge in [-0.05, 0) is 322 Å². The smallest absolute Gasteiger partial charge is 0.0152 e. The van der Waals surface area contributed by atoms with Crippen LogP contribution in [0.3, 0.4) is 0 Å². The Bertz CT molecular complexity index is 5520. The molecule has 0 atom stereocenters. The highest BCUT2D eigenvalue weighted by atomic mass is 14.2. The second-order valence-electron chi connectivity index (χ2n) is 44.2. The van der Waals surface area contributed by atoms with Crippen molar-refractivity contribution in [3.05, 3.63) is 339 Å². The van der Waals surface area contributed by atoms with Crippen molar-refractivity contribution in [3.63, 3.8) is 0 Å². The Morgan fingerprint density at radius 3 is 0.411 bits per heavy atom. The van der Waals surface area contributed by atoms with Gasteiger partial charge in [0.2, 0.25) is 0 Å². The molecule has 0 heterocycles. The average Bonchev–Trinajstić information content (AvgIpc) is 0.811.